The zero-order valence-corrected chi connectivity index (χ0v) is 15.1. The molecule has 10 heteroatoms. The Hall–Kier alpha value is -1.91. The normalized spacial score (nSPS) is 17.4. The highest BCUT2D eigenvalue weighted by atomic mass is 32.2. The number of aryl methyl sites for hydroxylation is 1. The average molecular weight is 381 g/mol. The Morgan fingerprint density at radius 2 is 2.04 bits per heavy atom. The molecule has 0 aliphatic carbocycles. The maximum Gasteiger partial charge on any atom is 0.243 e. The summed E-state index contributed by atoms with van der Waals surface area (Å²) in [5, 5.41) is 13.2. The van der Waals surface area contributed by atoms with Crippen LogP contribution < -0.4 is 0 Å². The van der Waals surface area contributed by atoms with E-state index in [1.54, 1.807) is 17.8 Å². The van der Waals surface area contributed by atoms with Gasteiger partial charge >= 0.3 is 0 Å². The second-order valence-electron chi connectivity index (χ2n) is 6.09. The Kier molecular flexibility index (Phi) is 4.05. The van der Waals surface area contributed by atoms with Crippen LogP contribution in [0.2, 0.25) is 0 Å². The van der Waals surface area contributed by atoms with Gasteiger partial charge in [0.05, 0.1) is 4.90 Å². The summed E-state index contributed by atoms with van der Waals surface area (Å²) in [5.74, 6) is -0.217. The lowest BCUT2D eigenvalue weighted by Gasteiger charge is -2.30. The van der Waals surface area contributed by atoms with Crippen molar-refractivity contribution in [3.05, 3.63) is 40.9 Å². The molecule has 1 aromatic carbocycles. The molecule has 132 valence electrons. The monoisotopic (exact) mass is 381 g/mol. The van der Waals surface area contributed by atoms with Crippen LogP contribution in [0.15, 0.2) is 29.4 Å². The molecule has 0 bridgehead atoms. The zero-order valence-electron chi connectivity index (χ0n) is 13.5. The molecular formula is C15H16FN5O2S2. The predicted molar refractivity (Wildman–Crippen MR) is 90.5 cm³/mol. The van der Waals surface area contributed by atoms with E-state index >= 15 is 0 Å². The molecule has 1 fully saturated rings. The zero-order chi connectivity index (χ0) is 17.6. The first-order valence-corrected chi connectivity index (χ1v) is 10.1. The highest BCUT2D eigenvalue weighted by Crippen LogP contribution is 2.33. The second kappa shape index (κ2) is 6.11. The number of sulfonamides is 1. The van der Waals surface area contributed by atoms with Gasteiger partial charge in [-0.2, -0.15) is 13.9 Å². The standard InChI is InChI=1S/C15H16FN5O2S2/c1-10-8-12(16)2-3-13(10)25(22,23)20-6-4-11(5-7-20)14-19-21-9-17-18-15(21)24-14/h2-3,8-9,11H,4-7H2,1H3. The molecular weight excluding hydrogens is 365 g/mol. The van der Waals surface area contributed by atoms with Gasteiger partial charge in [-0.25, -0.2) is 12.8 Å². The van der Waals surface area contributed by atoms with E-state index in [9.17, 15) is 12.8 Å². The third-order valence-electron chi connectivity index (χ3n) is 4.46. The van der Waals surface area contributed by atoms with E-state index in [1.165, 1.54) is 33.8 Å². The van der Waals surface area contributed by atoms with Crippen molar-refractivity contribution in [3.63, 3.8) is 0 Å². The lowest BCUT2D eigenvalue weighted by atomic mass is 9.99. The molecule has 1 aliphatic heterocycles. The summed E-state index contributed by atoms with van der Waals surface area (Å²) in [6.07, 6.45) is 2.96. The molecule has 7 nitrogen and oxygen atoms in total. The highest BCUT2D eigenvalue weighted by Gasteiger charge is 2.32. The number of nitrogens with zero attached hydrogens (tertiary/aromatic N) is 5. The average Bonchev–Trinajstić information content (AvgIpc) is 3.16. The van der Waals surface area contributed by atoms with Gasteiger partial charge in [0.25, 0.3) is 0 Å². The largest absolute Gasteiger partial charge is 0.243 e. The quantitative estimate of drug-likeness (QED) is 0.695. The summed E-state index contributed by atoms with van der Waals surface area (Å²) in [6, 6.07) is 3.78. The highest BCUT2D eigenvalue weighted by molar-refractivity contribution is 7.89. The summed E-state index contributed by atoms with van der Waals surface area (Å²) >= 11 is 1.49. The number of fused-ring (bicyclic) bond motifs is 1. The first-order chi connectivity index (χ1) is 11.9. The molecule has 25 heavy (non-hydrogen) atoms. The Morgan fingerprint density at radius 3 is 2.72 bits per heavy atom. The molecule has 0 radical (unpaired) electrons. The molecule has 0 atom stereocenters. The van der Waals surface area contributed by atoms with Crippen molar-refractivity contribution in [2.45, 2.75) is 30.6 Å². The number of halogens is 1. The molecule has 0 saturated carbocycles. The fourth-order valence-corrected chi connectivity index (χ4v) is 5.79. The SMILES string of the molecule is Cc1cc(F)ccc1S(=O)(=O)N1CCC(c2nn3cnnc3s2)CC1. The molecule has 1 saturated heterocycles. The molecule has 0 spiro atoms. The summed E-state index contributed by atoms with van der Waals surface area (Å²) in [5.41, 5.74) is 0.427. The topological polar surface area (TPSA) is 80.5 Å². The number of hydrogen-bond donors (Lipinski definition) is 0. The molecule has 3 heterocycles. The van der Waals surface area contributed by atoms with Gasteiger partial charge in [-0.3, -0.25) is 0 Å². The summed E-state index contributed by atoms with van der Waals surface area (Å²) in [7, 11) is -3.61. The van der Waals surface area contributed by atoms with Gasteiger partial charge < -0.3 is 0 Å². The van der Waals surface area contributed by atoms with E-state index in [-0.39, 0.29) is 10.8 Å². The first-order valence-electron chi connectivity index (χ1n) is 7.88. The van der Waals surface area contributed by atoms with E-state index in [1.807, 2.05) is 0 Å². The van der Waals surface area contributed by atoms with E-state index in [0.717, 1.165) is 9.97 Å². The summed E-state index contributed by atoms with van der Waals surface area (Å²) in [6.45, 7) is 2.45. The van der Waals surface area contributed by atoms with Crippen molar-refractivity contribution < 1.29 is 12.8 Å². The van der Waals surface area contributed by atoms with Crippen molar-refractivity contribution in [2.24, 2.45) is 0 Å². The minimum absolute atomic E-state index is 0.172. The van der Waals surface area contributed by atoms with Crippen LogP contribution in [0.4, 0.5) is 4.39 Å². The number of benzene rings is 1. The third kappa shape index (κ3) is 2.94. The van der Waals surface area contributed by atoms with Crippen molar-refractivity contribution in [3.8, 4) is 0 Å². The molecule has 0 N–H and O–H groups in total. The van der Waals surface area contributed by atoms with Gasteiger partial charge in [-0.15, -0.1) is 10.2 Å². The van der Waals surface area contributed by atoms with E-state index in [2.05, 4.69) is 15.3 Å². The number of piperidine rings is 1. The van der Waals surface area contributed by atoms with Crippen LogP contribution >= 0.6 is 11.3 Å². The third-order valence-corrected chi connectivity index (χ3v) is 7.59. The lowest BCUT2D eigenvalue weighted by molar-refractivity contribution is 0.318. The Balaban J connectivity index is 1.51. The van der Waals surface area contributed by atoms with Gasteiger partial charge in [-0.05, 0) is 43.5 Å². The van der Waals surface area contributed by atoms with Crippen molar-refractivity contribution in [1.82, 2.24) is 24.1 Å². The number of hydrogen-bond acceptors (Lipinski definition) is 6. The number of rotatable bonds is 3. The summed E-state index contributed by atoms with van der Waals surface area (Å²) in [4.78, 5) is 0.915. The fourth-order valence-electron chi connectivity index (χ4n) is 3.12. The van der Waals surface area contributed by atoms with E-state index in [4.69, 9.17) is 0 Å². The second-order valence-corrected chi connectivity index (χ2v) is 8.98. The van der Waals surface area contributed by atoms with Crippen LogP contribution in [-0.2, 0) is 10.0 Å². The van der Waals surface area contributed by atoms with Crippen molar-refractivity contribution >= 4 is 26.3 Å². The summed E-state index contributed by atoms with van der Waals surface area (Å²) < 4.78 is 42.0. The Labute approximate surface area is 148 Å². The van der Waals surface area contributed by atoms with Crippen LogP contribution in [0, 0.1) is 12.7 Å². The first kappa shape index (κ1) is 16.6. The van der Waals surface area contributed by atoms with Crippen LogP contribution in [0.1, 0.15) is 29.3 Å². The molecule has 2 aromatic heterocycles. The molecule has 0 unspecified atom stereocenters. The van der Waals surface area contributed by atoms with Crippen molar-refractivity contribution in [2.75, 3.05) is 13.1 Å². The van der Waals surface area contributed by atoms with Crippen LogP contribution in [0.5, 0.6) is 0 Å². The maximum absolute atomic E-state index is 13.3. The van der Waals surface area contributed by atoms with Gasteiger partial charge in [0.1, 0.15) is 17.2 Å². The Bertz CT molecular complexity index is 993. The molecule has 0 amide bonds. The minimum Gasteiger partial charge on any atom is -0.207 e. The van der Waals surface area contributed by atoms with Crippen LogP contribution in [0.3, 0.4) is 0 Å². The van der Waals surface area contributed by atoms with Crippen LogP contribution in [-0.4, -0.2) is 45.6 Å². The smallest absolute Gasteiger partial charge is 0.207 e. The lowest BCUT2D eigenvalue weighted by Crippen LogP contribution is -2.38. The minimum atomic E-state index is -3.61. The maximum atomic E-state index is 13.3. The number of aromatic nitrogens is 4. The van der Waals surface area contributed by atoms with E-state index < -0.39 is 15.8 Å². The van der Waals surface area contributed by atoms with E-state index in [0.29, 0.717) is 31.5 Å². The predicted octanol–water partition coefficient (Wildman–Crippen LogP) is 2.20. The van der Waals surface area contributed by atoms with Crippen molar-refractivity contribution in [1.29, 1.82) is 0 Å². The van der Waals surface area contributed by atoms with Gasteiger partial charge in [0.15, 0.2) is 0 Å². The fraction of sp³-hybridized carbons (Fsp3) is 0.400. The van der Waals surface area contributed by atoms with Crippen LogP contribution in [0.25, 0.3) is 4.96 Å². The van der Waals surface area contributed by atoms with Gasteiger partial charge in [0, 0.05) is 19.0 Å². The Morgan fingerprint density at radius 1 is 1.28 bits per heavy atom. The van der Waals surface area contributed by atoms with Gasteiger partial charge in [-0.1, -0.05) is 11.3 Å². The molecule has 3 aromatic rings. The molecule has 1 aliphatic rings. The van der Waals surface area contributed by atoms with Gasteiger partial charge in [0.2, 0.25) is 15.0 Å². The molecule has 4 rings (SSSR count).